The summed E-state index contributed by atoms with van der Waals surface area (Å²) in [5.74, 6) is 2.81. The molecule has 6 heteroatoms. The van der Waals surface area contributed by atoms with Crippen LogP contribution in [0.5, 0.6) is 23.0 Å². The minimum absolute atomic E-state index is 0.256. The highest BCUT2D eigenvalue weighted by atomic mass is 35.5. The predicted octanol–water partition coefficient (Wildman–Crippen LogP) is 5.97. The van der Waals surface area contributed by atoms with Gasteiger partial charge in [0.15, 0.2) is 23.0 Å². The van der Waals surface area contributed by atoms with Gasteiger partial charge in [-0.3, -0.25) is 0 Å². The van der Waals surface area contributed by atoms with Crippen molar-refractivity contribution < 1.29 is 18.9 Å². The van der Waals surface area contributed by atoms with Crippen LogP contribution < -0.4 is 24.3 Å². The molecule has 3 aromatic carbocycles. The molecule has 156 valence electrons. The first-order chi connectivity index (χ1) is 14.6. The number of anilines is 1. The first kappa shape index (κ1) is 20.2. The van der Waals surface area contributed by atoms with Gasteiger partial charge in [-0.2, -0.15) is 0 Å². The molecule has 0 unspecified atom stereocenters. The van der Waals surface area contributed by atoms with Gasteiger partial charge in [0.05, 0.1) is 6.61 Å². The molecule has 0 amide bonds. The number of hydrogen-bond acceptors (Lipinski definition) is 5. The van der Waals surface area contributed by atoms with E-state index in [4.69, 9.17) is 30.5 Å². The summed E-state index contributed by atoms with van der Waals surface area (Å²) in [5, 5.41) is 3.98. The second-order valence-corrected chi connectivity index (χ2v) is 7.43. The van der Waals surface area contributed by atoms with Gasteiger partial charge in [-0.1, -0.05) is 41.4 Å². The van der Waals surface area contributed by atoms with Gasteiger partial charge in [-0.15, -0.1) is 0 Å². The Balaban J connectivity index is 1.47. The van der Waals surface area contributed by atoms with Gasteiger partial charge in [-0.25, -0.2) is 0 Å². The molecule has 0 atom stereocenters. The number of fused-ring (bicyclic) bond motifs is 1. The zero-order valence-corrected chi connectivity index (χ0v) is 17.8. The third-order valence-corrected chi connectivity index (χ3v) is 5.10. The SMILES string of the molecule is CCOc1cc(CNc2ccc3c(c2)OCO3)c(Cl)cc1OCc1cccc(C)c1. The van der Waals surface area contributed by atoms with Crippen molar-refractivity contribution >= 4 is 17.3 Å². The van der Waals surface area contributed by atoms with E-state index in [2.05, 4.69) is 24.4 Å². The molecule has 0 bridgehead atoms. The third-order valence-electron chi connectivity index (χ3n) is 4.74. The van der Waals surface area contributed by atoms with Crippen molar-refractivity contribution in [3.05, 3.63) is 76.3 Å². The maximum Gasteiger partial charge on any atom is 0.231 e. The van der Waals surface area contributed by atoms with Crippen LogP contribution in [-0.2, 0) is 13.2 Å². The highest BCUT2D eigenvalue weighted by Crippen LogP contribution is 2.36. The van der Waals surface area contributed by atoms with Crippen molar-refractivity contribution in [2.75, 3.05) is 18.7 Å². The summed E-state index contributed by atoms with van der Waals surface area (Å²) in [6, 6.07) is 17.7. The van der Waals surface area contributed by atoms with Crippen LogP contribution >= 0.6 is 11.6 Å². The normalized spacial score (nSPS) is 12.0. The number of ether oxygens (including phenoxy) is 4. The summed E-state index contributed by atoms with van der Waals surface area (Å²) in [6.07, 6.45) is 0. The van der Waals surface area contributed by atoms with E-state index in [9.17, 15) is 0 Å². The van der Waals surface area contributed by atoms with Gasteiger partial charge in [0.2, 0.25) is 6.79 Å². The van der Waals surface area contributed by atoms with Crippen LogP contribution in [0.1, 0.15) is 23.6 Å². The molecule has 3 aromatic rings. The molecular weight excluding hydrogens is 402 g/mol. The third kappa shape index (κ3) is 4.74. The average Bonchev–Trinajstić information content (AvgIpc) is 3.21. The summed E-state index contributed by atoms with van der Waals surface area (Å²) < 4.78 is 22.6. The van der Waals surface area contributed by atoms with Crippen LogP contribution in [0.4, 0.5) is 5.69 Å². The standard InChI is InChI=1S/C24H24ClNO4/c1-3-27-22-10-18(13-26-19-7-8-21-23(11-19)30-15-29-21)20(25)12-24(22)28-14-17-6-4-5-16(2)9-17/h4-12,26H,3,13-15H2,1-2H3. The lowest BCUT2D eigenvalue weighted by Crippen LogP contribution is -2.04. The van der Waals surface area contributed by atoms with E-state index in [1.807, 2.05) is 49.4 Å². The maximum absolute atomic E-state index is 6.55. The Morgan fingerprint density at radius 2 is 1.80 bits per heavy atom. The van der Waals surface area contributed by atoms with Crippen molar-refractivity contribution in [3.8, 4) is 23.0 Å². The number of halogens is 1. The summed E-state index contributed by atoms with van der Waals surface area (Å²) >= 11 is 6.55. The Bertz CT molecular complexity index is 1040. The summed E-state index contributed by atoms with van der Waals surface area (Å²) in [5.41, 5.74) is 4.14. The Morgan fingerprint density at radius 3 is 2.63 bits per heavy atom. The number of benzene rings is 3. The lowest BCUT2D eigenvalue weighted by Gasteiger charge is -2.16. The van der Waals surface area contributed by atoms with Crippen LogP contribution in [0.15, 0.2) is 54.6 Å². The van der Waals surface area contributed by atoms with Crippen LogP contribution in [0.2, 0.25) is 5.02 Å². The van der Waals surface area contributed by atoms with Gasteiger partial charge >= 0.3 is 0 Å². The quantitative estimate of drug-likeness (QED) is 0.482. The minimum atomic E-state index is 0.256. The molecule has 0 saturated carbocycles. The molecule has 0 fully saturated rings. The number of rotatable bonds is 8. The van der Waals surface area contributed by atoms with E-state index in [-0.39, 0.29) is 6.79 Å². The molecule has 1 N–H and O–H groups in total. The van der Waals surface area contributed by atoms with Crippen molar-refractivity contribution in [1.29, 1.82) is 0 Å². The topological polar surface area (TPSA) is 49.0 Å². The minimum Gasteiger partial charge on any atom is -0.490 e. The zero-order valence-electron chi connectivity index (χ0n) is 17.0. The van der Waals surface area contributed by atoms with Crippen LogP contribution in [-0.4, -0.2) is 13.4 Å². The highest BCUT2D eigenvalue weighted by Gasteiger charge is 2.15. The van der Waals surface area contributed by atoms with Gasteiger partial charge < -0.3 is 24.3 Å². The number of nitrogens with one attached hydrogen (secondary N) is 1. The van der Waals surface area contributed by atoms with Crippen molar-refractivity contribution in [1.82, 2.24) is 0 Å². The zero-order chi connectivity index (χ0) is 20.9. The molecule has 30 heavy (non-hydrogen) atoms. The molecule has 1 aliphatic rings. The molecule has 0 spiro atoms. The van der Waals surface area contributed by atoms with Gasteiger partial charge in [0.25, 0.3) is 0 Å². The fourth-order valence-electron chi connectivity index (χ4n) is 3.26. The van der Waals surface area contributed by atoms with Gasteiger partial charge in [0, 0.05) is 29.4 Å². The first-order valence-corrected chi connectivity index (χ1v) is 10.3. The summed E-state index contributed by atoms with van der Waals surface area (Å²) in [6.45, 7) is 5.80. The van der Waals surface area contributed by atoms with E-state index in [0.29, 0.717) is 36.3 Å². The molecule has 0 radical (unpaired) electrons. The second kappa shape index (κ2) is 9.18. The van der Waals surface area contributed by atoms with Crippen LogP contribution in [0.25, 0.3) is 0 Å². The molecule has 0 aliphatic carbocycles. The molecule has 0 saturated heterocycles. The molecule has 0 aromatic heterocycles. The molecule has 5 nitrogen and oxygen atoms in total. The summed E-state index contributed by atoms with van der Waals surface area (Å²) in [7, 11) is 0. The smallest absolute Gasteiger partial charge is 0.231 e. The lowest BCUT2D eigenvalue weighted by atomic mass is 10.1. The molecule has 4 rings (SSSR count). The number of aryl methyl sites for hydroxylation is 1. The first-order valence-electron chi connectivity index (χ1n) is 9.89. The Morgan fingerprint density at radius 1 is 0.967 bits per heavy atom. The van der Waals surface area contributed by atoms with E-state index < -0.39 is 0 Å². The van der Waals surface area contributed by atoms with Gasteiger partial charge in [0.1, 0.15) is 6.61 Å². The highest BCUT2D eigenvalue weighted by molar-refractivity contribution is 6.31. The van der Waals surface area contributed by atoms with Gasteiger partial charge in [-0.05, 0) is 43.2 Å². The summed E-state index contributed by atoms with van der Waals surface area (Å²) in [4.78, 5) is 0. The van der Waals surface area contributed by atoms with Crippen molar-refractivity contribution in [2.24, 2.45) is 0 Å². The fourth-order valence-corrected chi connectivity index (χ4v) is 3.48. The van der Waals surface area contributed by atoms with Crippen molar-refractivity contribution in [3.63, 3.8) is 0 Å². The van der Waals surface area contributed by atoms with E-state index in [0.717, 1.165) is 28.3 Å². The average molecular weight is 426 g/mol. The Labute approximate surface area is 181 Å². The Hall–Kier alpha value is -3.05. The largest absolute Gasteiger partial charge is 0.490 e. The van der Waals surface area contributed by atoms with E-state index in [1.54, 1.807) is 0 Å². The van der Waals surface area contributed by atoms with Crippen molar-refractivity contribution in [2.45, 2.75) is 27.0 Å². The second-order valence-electron chi connectivity index (χ2n) is 7.02. The molecule has 1 heterocycles. The van der Waals surface area contributed by atoms with E-state index in [1.165, 1.54) is 5.56 Å². The van der Waals surface area contributed by atoms with E-state index >= 15 is 0 Å². The Kier molecular flexibility index (Phi) is 6.19. The maximum atomic E-state index is 6.55. The number of hydrogen-bond donors (Lipinski definition) is 1. The monoisotopic (exact) mass is 425 g/mol. The van der Waals surface area contributed by atoms with Crippen LogP contribution in [0, 0.1) is 6.92 Å². The molecular formula is C24H24ClNO4. The predicted molar refractivity (Wildman–Crippen MR) is 118 cm³/mol. The molecule has 1 aliphatic heterocycles. The lowest BCUT2D eigenvalue weighted by molar-refractivity contribution is 0.174. The van der Waals surface area contributed by atoms with Crippen LogP contribution in [0.3, 0.4) is 0 Å². The fraction of sp³-hybridized carbons (Fsp3) is 0.250.